The molecule has 0 aliphatic heterocycles. The summed E-state index contributed by atoms with van der Waals surface area (Å²) in [6, 6.07) is 21.8. The van der Waals surface area contributed by atoms with Gasteiger partial charge in [-0.1, -0.05) is 94.2 Å². The quantitative estimate of drug-likeness (QED) is 0.209. The van der Waals surface area contributed by atoms with Crippen molar-refractivity contribution < 1.29 is 5.11 Å². The molecule has 0 spiro atoms. The van der Waals surface area contributed by atoms with Gasteiger partial charge in [0, 0.05) is 24.4 Å². The summed E-state index contributed by atoms with van der Waals surface area (Å²) in [6.45, 7) is 23.2. The minimum absolute atomic E-state index is 0.0424. The predicted octanol–water partition coefficient (Wildman–Crippen LogP) is 8.37. The van der Waals surface area contributed by atoms with Crippen molar-refractivity contribution in [2.24, 2.45) is 7.05 Å². The third-order valence-corrected chi connectivity index (χ3v) is 12.3. The lowest BCUT2D eigenvalue weighted by atomic mass is 9.83. The van der Waals surface area contributed by atoms with Crippen LogP contribution in [0.25, 0.3) is 44.8 Å². The van der Waals surface area contributed by atoms with Gasteiger partial charge in [0.25, 0.3) is 0 Å². The number of phenols is 1. The third-order valence-electron chi connectivity index (χ3n) is 8.28. The summed E-state index contributed by atoms with van der Waals surface area (Å²) in [7, 11) is -1.12. The topological polar surface area (TPSA) is 50.9 Å². The molecule has 0 bridgehead atoms. The maximum atomic E-state index is 10.8. The second-order valence-corrected chi connectivity index (χ2v) is 25.0. The van der Waals surface area contributed by atoms with Gasteiger partial charge in [0.2, 0.25) is 0 Å². The average molecular weight is 592 g/mol. The normalized spacial score (nSPS) is 12.7. The number of aryl methyl sites for hydroxylation is 2. The van der Waals surface area contributed by atoms with Crippen LogP contribution in [-0.4, -0.2) is 35.8 Å². The zero-order valence-electron chi connectivity index (χ0n) is 27.1. The molecule has 5 aromatic rings. The van der Waals surface area contributed by atoms with Crippen LogP contribution >= 0.6 is 0 Å². The predicted molar refractivity (Wildman–Crippen MR) is 186 cm³/mol. The highest BCUT2D eigenvalue weighted by molar-refractivity contribution is 6.89. The summed E-state index contributed by atoms with van der Waals surface area (Å²) < 4.78 is 2.14. The molecule has 0 radical (unpaired) electrons. The SMILES string of the molecule is Cc1ccc(O)c(-c2nc3c(-c4cc(-c5cc([Si](C)(C)C)ccn5)cc(C(C)(C)C)c4)cc([Si](C)(C)C)cc3n2C)c1. The van der Waals surface area contributed by atoms with E-state index < -0.39 is 16.1 Å². The largest absolute Gasteiger partial charge is 0.507 e. The Bertz CT molecular complexity index is 1820. The smallest absolute Gasteiger partial charge is 0.144 e. The molecule has 0 aliphatic rings. The Morgan fingerprint density at radius 2 is 1.40 bits per heavy atom. The number of imidazole rings is 1. The van der Waals surface area contributed by atoms with E-state index >= 15 is 0 Å². The van der Waals surface area contributed by atoms with Crippen molar-refractivity contribution in [1.29, 1.82) is 0 Å². The van der Waals surface area contributed by atoms with E-state index in [0.29, 0.717) is 0 Å². The Morgan fingerprint density at radius 1 is 0.738 bits per heavy atom. The lowest BCUT2D eigenvalue weighted by molar-refractivity contribution is 0.476. The van der Waals surface area contributed by atoms with E-state index in [-0.39, 0.29) is 11.2 Å². The first-order valence-corrected chi connectivity index (χ1v) is 21.9. The molecular formula is C36H45N3OSi2. The van der Waals surface area contributed by atoms with Crippen LogP contribution in [-0.2, 0) is 12.5 Å². The number of aromatic nitrogens is 3. The maximum absolute atomic E-state index is 10.8. The van der Waals surface area contributed by atoms with E-state index in [0.717, 1.165) is 50.4 Å². The fourth-order valence-electron chi connectivity index (χ4n) is 5.43. The van der Waals surface area contributed by atoms with E-state index in [2.05, 4.69) is 114 Å². The van der Waals surface area contributed by atoms with Gasteiger partial charge in [0.1, 0.15) is 11.6 Å². The van der Waals surface area contributed by atoms with Crippen molar-refractivity contribution >= 4 is 37.6 Å². The van der Waals surface area contributed by atoms with Crippen LogP contribution in [0, 0.1) is 6.92 Å². The van der Waals surface area contributed by atoms with Gasteiger partial charge in [-0.3, -0.25) is 4.98 Å². The molecule has 3 aromatic carbocycles. The first-order valence-electron chi connectivity index (χ1n) is 14.9. The van der Waals surface area contributed by atoms with E-state index in [1.54, 1.807) is 6.07 Å². The molecule has 2 aromatic heterocycles. The van der Waals surface area contributed by atoms with Gasteiger partial charge in [-0.05, 0) is 65.9 Å². The van der Waals surface area contributed by atoms with Crippen molar-refractivity contribution in [3.8, 4) is 39.5 Å². The van der Waals surface area contributed by atoms with Gasteiger partial charge < -0.3 is 9.67 Å². The molecule has 2 heterocycles. The molecule has 42 heavy (non-hydrogen) atoms. The van der Waals surface area contributed by atoms with Crippen molar-refractivity contribution in [2.45, 2.75) is 72.4 Å². The first-order chi connectivity index (χ1) is 19.4. The van der Waals surface area contributed by atoms with Crippen molar-refractivity contribution in [1.82, 2.24) is 14.5 Å². The molecule has 0 saturated heterocycles. The van der Waals surface area contributed by atoms with Crippen molar-refractivity contribution in [3.63, 3.8) is 0 Å². The molecule has 0 saturated carbocycles. The summed E-state index contributed by atoms with van der Waals surface area (Å²) in [5.74, 6) is 1.02. The van der Waals surface area contributed by atoms with E-state index in [4.69, 9.17) is 9.97 Å². The zero-order chi connectivity index (χ0) is 30.8. The minimum Gasteiger partial charge on any atom is -0.507 e. The summed E-state index contributed by atoms with van der Waals surface area (Å²) in [5.41, 5.74) is 9.56. The van der Waals surface area contributed by atoms with Crippen LogP contribution < -0.4 is 10.4 Å². The lowest BCUT2D eigenvalue weighted by Gasteiger charge is -2.23. The van der Waals surface area contributed by atoms with E-state index in [1.165, 1.54) is 15.9 Å². The number of benzene rings is 3. The Kier molecular flexibility index (Phi) is 7.39. The van der Waals surface area contributed by atoms with Gasteiger partial charge in [-0.15, -0.1) is 0 Å². The Balaban J connectivity index is 1.84. The van der Waals surface area contributed by atoms with Crippen LogP contribution in [0.5, 0.6) is 5.75 Å². The highest BCUT2D eigenvalue weighted by Crippen LogP contribution is 2.38. The number of phenolic OH excluding ortho intramolecular Hbond substituents is 1. The molecule has 0 aliphatic carbocycles. The lowest BCUT2D eigenvalue weighted by Crippen LogP contribution is -2.37. The molecule has 0 amide bonds. The van der Waals surface area contributed by atoms with E-state index in [9.17, 15) is 5.11 Å². The molecule has 1 N–H and O–H groups in total. The van der Waals surface area contributed by atoms with Gasteiger partial charge >= 0.3 is 0 Å². The number of hydrogen-bond donors (Lipinski definition) is 1. The van der Waals surface area contributed by atoms with Crippen molar-refractivity contribution in [2.75, 3.05) is 0 Å². The van der Waals surface area contributed by atoms with Gasteiger partial charge in [-0.2, -0.15) is 0 Å². The Hall–Kier alpha value is -3.49. The maximum Gasteiger partial charge on any atom is 0.144 e. The second kappa shape index (κ2) is 10.4. The summed E-state index contributed by atoms with van der Waals surface area (Å²) in [5, 5.41) is 13.6. The van der Waals surface area contributed by atoms with Crippen molar-refractivity contribution in [3.05, 3.63) is 78.0 Å². The van der Waals surface area contributed by atoms with Gasteiger partial charge in [0.05, 0.1) is 38.4 Å². The third kappa shape index (κ3) is 5.75. The molecular weight excluding hydrogens is 547 g/mol. The Morgan fingerprint density at radius 3 is 2.05 bits per heavy atom. The number of rotatable bonds is 5. The van der Waals surface area contributed by atoms with Crippen LogP contribution in [0.1, 0.15) is 31.9 Å². The first kappa shape index (κ1) is 30.0. The summed E-state index contributed by atoms with van der Waals surface area (Å²) in [6.07, 6.45) is 1.97. The molecule has 0 atom stereocenters. The van der Waals surface area contributed by atoms with Crippen LogP contribution in [0.15, 0.2) is 66.9 Å². The number of hydrogen-bond acceptors (Lipinski definition) is 3. The number of nitrogens with zero attached hydrogens (tertiary/aromatic N) is 3. The molecule has 0 fully saturated rings. The highest BCUT2D eigenvalue weighted by Gasteiger charge is 2.25. The molecule has 218 valence electrons. The molecule has 6 heteroatoms. The fraction of sp³-hybridized carbons (Fsp3) is 0.333. The van der Waals surface area contributed by atoms with Crippen LogP contribution in [0.2, 0.25) is 39.3 Å². The summed E-state index contributed by atoms with van der Waals surface area (Å²) in [4.78, 5) is 10.1. The fourth-order valence-corrected chi connectivity index (χ4v) is 7.72. The Labute approximate surface area is 253 Å². The monoisotopic (exact) mass is 591 g/mol. The molecule has 4 nitrogen and oxygen atoms in total. The standard InChI is InChI=1S/C36H45N3OSi2/c1-23-12-13-33(40)30(16-23)35-38-34-29(20-28(42(9,10)11)22-32(34)39(35)5)24-17-25(19-26(18-24)36(2,3)4)31-21-27(14-15-37-31)41(6,7)8/h12-22,40H,1-11H3. The number of pyridine rings is 1. The number of aromatic hydroxyl groups is 1. The van der Waals surface area contributed by atoms with Gasteiger partial charge in [0.15, 0.2) is 0 Å². The number of fused-ring (bicyclic) bond motifs is 1. The highest BCUT2D eigenvalue weighted by atomic mass is 28.3. The van der Waals surface area contributed by atoms with Gasteiger partial charge in [-0.25, -0.2) is 4.98 Å². The van der Waals surface area contributed by atoms with E-state index in [1.807, 2.05) is 25.3 Å². The van der Waals surface area contributed by atoms with Crippen LogP contribution in [0.3, 0.4) is 0 Å². The summed E-state index contributed by atoms with van der Waals surface area (Å²) >= 11 is 0. The zero-order valence-corrected chi connectivity index (χ0v) is 29.1. The average Bonchev–Trinajstić information content (AvgIpc) is 3.24. The molecule has 5 rings (SSSR count). The molecule has 0 unspecified atom stereocenters. The van der Waals surface area contributed by atoms with Crippen LogP contribution in [0.4, 0.5) is 0 Å². The second-order valence-electron chi connectivity index (χ2n) is 14.9. The minimum atomic E-state index is -1.68.